The van der Waals surface area contributed by atoms with Gasteiger partial charge in [0.1, 0.15) is 11.6 Å². The Hall–Kier alpha value is -3.13. The van der Waals surface area contributed by atoms with Crippen LogP contribution in [0.5, 0.6) is 0 Å². The van der Waals surface area contributed by atoms with Crippen LogP contribution in [0.1, 0.15) is 30.8 Å². The van der Waals surface area contributed by atoms with Gasteiger partial charge in [0.05, 0.1) is 17.4 Å². The lowest BCUT2D eigenvalue weighted by atomic mass is 10.1. The summed E-state index contributed by atoms with van der Waals surface area (Å²) in [6.45, 7) is 1.16. The van der Waals surface area contributed by atoms with E-state index in [9.17, 15) is 26.0 Å². The minimum atomic E-state index is -3.60. The number of nitrogens with one attached hydrogen (secondary N) is 2. The molecular weight excluding hydrogens is 444 g/mol. The third-order valence-electron chi connectivity index (χ3n) is 4.05. The average Bonchev–Trinajstić information content (AvgIpc) is 3.23. The molecule has 0 saturated carbocycles. The normalized spacial score (nSPS) is 12.8. The molecule has 2 N–H and O–H groups in total. The summed E-state index contributed by atoms with van der Waals surface area (Å²) in [5.41, 5.74) is 0.132. The zero-order valence-electron chi connectivity index (χ0n) is 15.9. The Balaban J connectivity index is 1.82. The van der Waals surface area contributed by atoms with Gasteiger partial charge in [-0.1, -0.05) is 6.07 Å². The molecule has 9 nitrogen and oxygen atoms in total. The van der Waals surface area contributed by atoms with E-state index in [0.717, 1.165) is 6.07 Å². The highest BCUT2D eigenvalue weighted by Crippen LogP contribution is 2.24. The van der Waals surface area contributed by atoms with Crippen molar-refractivity contribution in [3.05, 3.63) is 53.7 Å². The molecule has 0 radical (unpaired) electrons. The quantitative estimate of drug-likeness (QED) is 0.468. The molecule has 0 amide bonds. The van der Waals surface area contributed by atoms with Crippen LogP contribution in [0, 0.1) is 11.6 Å². The molecule has 0 unspecified atom stereocenters. The average molecular weight is 460 g/mol. The lowest BCUT2D eigenvalue weighted by Crippen LogP contribution is -2.33. The number of halogens is 4. The molecule has 2 heterocycles. The number of sulfonamides is 1. The predicted octanol–water partition coefficient (Wildman–Crippen LogP) is 2.83. The summed E-state index contributed by atoms with van der Waals surface area (Å²) in [6.07, 6.45) is -0.528. The summed E-state index contributed by atoms with van der Waals surface area (Å²) in [5, 5.41) is 9.43. The molecule has 0 bridgehead atoms. The van der Waals surface area contributed by atoms with Gasteiger partial charge >= 0.3 is 6.43 Å². The highest BCUT2D eigenvalue weighted by atomic mass is 32.2. The van der Waals surface area contributed by atoms with Crippen molar-refractivity contribution in [2.75, 3.05) is 17.6 Å². The van der Waals surface area contributed by atoms with Crippen LogP contribution in [0.3, 0.4) is 0 Å². The van der Waals surface area contributed by atoms with Crippen molar-refractivity contribution in [3.63, 3.8) is 0 Å². The SMILES string of the molecule is CCS(=O)(=O)NC[C@H](Nc1ncc(-c2nnc(C(F)F)o2)cn1)c1ccc(F)cc1F. The van der Waals surface area contributed by atoms with E-state index in [2.05, 4.69) is 30.2 Å². The summed E-state index contributed by atoms with van der Waals surface area (Å²) in [5.74, 6) is -3.00. The van der Waals surface area contributed by atoms with Gasteiger partial charge < -0.3 is 9.73 Å². The first-order chi connectivity index (χ1) is 14.7. The van der Waals surface area contributed by atoms with Crippen molar-refractivity contribution in [1.82, 2.24) is 24.9 Å². The molecule has 3 rings (SSSR count). The van der Waals surface area contributed by atoms with E-state index in [1.807, 2.05) is 0 Å². The second-order valence-electron chi connectivity index (χ2n) is 6.16. The molecule has 3 aromatic rings. The van der Waals surface area contributed by atoms with Gasteiger partial charge in [-0.15, -0.1) is 10.2 Å². The van der Waals surface area contributed by atoms with Gasteiger partial charge in [0.25, 0.3) is 11.8 Å². The molecule has 166 valence electrons. The highest BCUT2D eigenvalue weighted by Gasteiger charge is 2.21. The second kappa shape index (κ2) is 9.34. The van der Waals surface area contributed by atoms with Crippen LogP contribution in [0.25, 0.3) is 11.5 Å². The number of rotatable bonds is 9. The number of hydrogen-bond acceptors (Lipinski definition) is 8. The first-order valence-corrected chi connectivity index (χ1v) is 10.5. The maximum atomic E-state index is 14.3. The van der Waals surface area contributed by atoms with Crippen LogP contribution in [0.4, 0.5) is 23.5 Å². The van der Waals surface area contributed by atoms with E-state index < -0.39 is 40.0 Å². The summed E-state index contributed by atoms with van der Waals surface area (Å²) in [6, 6.07) is 1.88. The van der Waals surface area contributed by atoms with Crippen LogP contribution in [-0.4, -0.2) is 40.9 Å². The molecule has 0 saturated heterocycles. The molecule has 0 spiro atoms. The zero-order valence-corrected chi connectivity index (χ0v) is 16.7. The van der Waals surface area contributed by atoms with Crippen LogP contribution in [-0.2, 0) is 10.0 Å². The van der Waals surface area contributed by atoms with Crippen molar-refractivity contribution < 1.29 is 30.4 Å². The number of nitrogens with zero attached hydrogens (tertiary/aromatic N) is 4. The molecule has 1 aromatic carbocycles. The minimum absolute atomic E-state index is 0.0219. The van der Waals surface area contributed by atoms with Crippen molar-refractivity contribution in [2.45, 2.75) is 19.4 Å². The smallest absolute Gasteiger partial charge is 0.314 e. The molecule has 2 aromatic heterocycles. The van der Waals surface area contributed by atoms with E-state index in [4.69, 9.17) is 4.42 Å². The minimum Gasteiger partial charge on any atom is -0.415 e. The summed E-state index contributed by atoms with van der Waals surface area (Å²) in [7, 11) is -3.60. The molecule has 0 aliphatic rings. The van der Waals surface area contributed by atoms with Gasteiger partial charge in [-0.25, -0.2) is 31.9 Å². The van der Waals surface area contributed by atoms with Crippen LogP contribution in [0.15, 0.2) is 35.0 Å². The van der Waals surface area contributed by atoms with Crippen LogP contribution < -0.4 is 10.0 Å². The topological polar surface area (TPSA) is 123 Å². The van der Waals surface area contributed by atoms with Crippen molar-refractivity contribution in [2.24, 2.45) is 0 Å². The largest absolute Gasteiger partial charge is 0.415 e. The number of benzene rings is 1. The van der Waals surface area contributed by atoms with Gasteiger partial charge in [0.2, 0.25) is 16.0 Å². The molecule has 1 atom stereocenters. The number of anilines is 1. The Morgan fingerprint density at radius 3 is 2.42 bits per heavy atom. The zero-order chi connectivity index (χ0) is 22.6. The fourth-order valence-electron chi connectivity index (χ4n) is 2.44. The molecule has 31 heavy (non-hydrogen) atoms. The van der Waals surface area contributed by atoms with Gasteiger partial charge in [-0.2, -0.15) is 8.78 Å². The lowest BCUT2D eigenvalue weighted by molar-refractivity contribution is 0.116. The summed E-state index contributed by atoms with van der Waals surface area (Å²) < 4.78 is 83.3. The molecule has 0 aliphatic heterocycles. The maximum absolute atomic E-state index is 14.3. The van der Waals surface area contributed by atoms with E-state index in [1.165, 1.54) is 25.4 Å². The fraction of sp³-hybridized carbons (Fsp3) is 0.294. The second-order valence-corrected chi connectivity index (χ2v) is 8.25. The highest BCUT2D eigenvalue weighted by molar-refractivity contribution is 7.89. The number of aromatic nitrogens is 4. The van der Waals surface area contributed by atoms with Crippen LogP contribution in [0.2, 0.25) is 0 Å². The Bertz CT molecular complexity index is 1140. The summed E-state index contributed by atoms with van der Waals surface area (Å²) in [4.78, 5) is 7.95. The van der Waals surface area contributed by atoms with Crippen LogP contribution >= 0.6 is 0 Å². The molecule has 0 aliphatic carbocycles. The third-order valence-corrected chi connectivity index (χ3v) is 5.42. The van der Waals surface area contributed by atoms with Crippen molar-refractivity contribution >= 4 is 16.0 Å². The van der Waals surface area contributed by atoms with Gasteiger partial charge in [0, 0.05) is 30.6 Å². The number of hydrogen-bond donors (Lipinski definition) is 2. The van der Waals surface area contributed by atoms with E-state index in [1.54, 1.807) is 0 Å². The molecular formula is C17H16F4N6O3S. The van der Waals surface area contributed by atoms with Crippen molar-refractivity contribution in [3.8, 4) is 11.5 Å². The predicted molar refractivity (Wildman–Crippen MR) is 100 cm³/mol. The Kier molecular flexibility index (Phi) is 6.80. The Morgan fingerprint density at radius 1 is 1.13 bits per heavy atom. The fourth-order valence-corrected chi connectivity index (χ4v) is 3.07. The lowest BCUT2D eigenvalue weighted by Gasteiger charge is -2.20. The maximum Gasteiger partial charge on any atom is 0.314 e. The van der Waals surface area contributed by atoms with Gasteiger partial charge in [-0.05, 0) is 13.0 Å². The standard InChI is InChI=1S/C17H16F4N6O3S/c1-2-31(28,29)24-8-13(11-4-3-10(18)5-12(11)19)25-17-22-6-9(7-23-17)15-26-27-16(30-15)14(20)21/h3-7,13-14,24H,2,8H2,1H3,(H,22,23,25)/t13-/m0/s1. The molecule has 0 fully saturated rings. The third kappa shape index (κ3) is 5.73. The Labute approximate surface area is 174 Å². The first kappa shape index (κ1) is 22.6. The Morgan fingerprint density at radius 2 is 1.84 bits per heavy atom. The monoisotopic (exact) mass is 460 g/mol. The van der Waals surface area contributed by atoms with Crippen molar-refractivity contribution in [1.29, 1.82) is 0 Å². The van der Waals surface area contributed by atoms with Gasteiger partial charge in [-0.3, -0.25) is 0 Å². The van der Waals surface area contributed by atoms with Gasteiger partial charge in [0.15, 0.2) is 0 Å². The first-order valence-electron chi connectivity index (χ1n) is 8.81. The van der Waals surface area contributed by atoms with E-state index in [0.29, 0.717) is 6.07 Å². The van der Waals surface area contributed by atoms with E-state index in [-0.39, 0.29) is 35.3 Å². The number of alkyl halides is 2. The van der Waals surface area contributed by atoms with E-state index >= 15 is 0 Å². The summed E-state index contributed by atoms with van der Waals surface area (Å²) >= 11 is 0. The molecule has 14 heteroatoms.